The summed E-state index contributed by atoms with van der Waals surface area (Å²) < 4.78 is 38.2. The zero-order valence-corrected chi connectivity index (χ0v) is 17.6. The normalized spacial score (nSPS) is 13.8. The molecule has 0 radical (unpaired) electrons. The number of anilines is 2. The summed E-state index contributed by atoms with van der Waals surface area (Å²) in [6, 6.07) is 10.3. The van der Waals surface area contributed by atoms with Gasteiger partial charge in [0.15, 0.2) is 0 Å². The smallest absolute Gasteiger partial charge is 0.277 e. The van der Waals surface area contributed by atoms with E-state index < -0.39 is 21.8 Å². The zero-order valence-electron chi connectivity index (χ0n) is 16.8. The third-order valence-electron chi connectivity index (χ3n) is 4.43. The van der Waals surface area contributed by atoms with Crippen LogP contribution in [0.2, 0.25) is 0 Å². The highest BCUT2D eigenvalue weighted by Crippen LogP contribution is 2.31. The summed E-state index contributed by atoms with van der Waals surface area (Å²) in [5, 5.41) is 11.7. The van der Waals surface area contributed by atoms with Crippen molar-refractivity contribution in [3.63, 3.8) is 0 Å². The molecule has 11 heteroatoms. The predicted octanol–water partition coefficient (Wildman–Crippen LogP) is 1.16. The highest BCUT2D eigenvalue weighted by Gasteiger charge is 2.30. The van der Waals surface area contributed by atoms with Crippen molar-refractivity contribution in [3.05, 3.63) is 54.2 Å². The first kappa shape index (κ1) is 22.1. The summed E-state index contributed by atoms with van der Waals surface area (Å²) in [6.07, 6.45) is 1.13. The number of benzene rings is 2. The topological polar surface area (TPSA) is 134 Å². The molecule has 0 bridgehead atoms. The largest absolute Gasteiger partial charge is 0.497 e. The van der Waals surface area contributed by atoms with E-state index in [4.69, 9.17) is 14.6 Å². The highest BCUT2D eigenvalue weighted by molar-refractivity contribution is 7.92. The van der Waals surface area contributed by atoms with Gasteiger partial charge in [0, 0.05) is 17.8 Å². The van der Waals surface area contributed by atoms with E-state index in [1.165, 1.54) is 44.6 Å². The van der Waals surface area contributed by atoms with Crippen molar-refractivity contribution >= 4 is 33.2 Å². The van der Waals surface area contributed by atoms with Gasteiger partial charge in [0.25, 0.3) is 21.8 Å². The molecule has 0 aliphatic carbocycles. The molecular formula is C20H21N3O7S. The van der Waals surface area contributed by atoms with E-state index in [0.717, 1.165) is 11.0 Å². The lowest BCUT2D eigenvalue weighted by Crippen LogP contribution is -2.34. The SMILES string of the molecule is COc1ccc(NS(=O)(=O)c2ccc(NC3=CC(=O)N(CCO)C3=O)cc2)c(OC)c1. The minimum Gasteiger partial charge on any atom is -0.497 e. The van der Waals surface area contributed by atoms with Crippen LogP contribution in [0.5, 0.6) is 11.5 Å². The van der Waals surface area contributed by atoms with Crippen LogP contribution in [0.4, 0.5) is 11.4 Å². The number of ether oxygens (including phenoxy) is 2. The number of β-amino-alcohol motifs (C(OH)–C–C–N with tert-alkyl or cyclic N) is 1. The van der Waals surface area contributed by atoms with Crippen molar-refractivity contribution in [2.75, 3.05) is 37.4 Å². The van der Waals surface area contributed by atoms with Crippen molar-refractivity contribution < 1.29 is 32.6 Å². The van der Waals surface area contributed by atoms with Gasteiger partial charge in [-0.25, -0.2) is 8.42 Å². The van der Waals surface area contributed by atoms with Crippen molar-refractivity contribution in [1.82, 2.24) is 4.90 Å². The van der Waals surface area contributed by atoms with E-state index in [1.807, 2.05) is 0 Å². The first-order chi connectivity index (χ1) is 14.8. The van der Waals surface area contributed by atoms with Gasteiger partial charge in [-0.3, -0.25) is 19.2 Å². The van der Waals surface area contributed by atoms with Gasteiger partial charge >= 0.3 is 0 Å². The Hall–Kier alpha value is -3.57. The molecule has 3 rings (SSSR count). The molecule has 0 fully saturated rings. The number of aliphatic hydroxyl groups is 1. The van der Waals surface area contributed by atoms with Gasteiger partial charge in [0.2, 0.25) is 0 Å². The van der Waals surface area contributed by atoms with Crippen LogP contribution in [0.15, 0.2) is 59.1 Å². The van der Waals surface area contributed by atoms with Gasteiger partial charge in [0.1, 0.15) is 17.2 Å². The number of sulfonamides is 1. The number of nitrogens with zero attached hydrogens (tertiary/aromatic N) is 1. The Kier molecular flexibility index (Phi) is 6.47. The average Bonchev–Trinajstić information content (AvgIpc) is 3.02. The van der Waals surface area contributed by atoms with E-state index in [2.05, 4.69) is 10.0 Å². The molecule has 1 aliphatic heterocycles. The molecule has 2 aromatic carbocycles. The quantitative estimate of drug-likeness (QED) is 0.488. The molecule has 0 saturated heterocycles. The van der Waals surface area contributed by atoms with Crippen LogP contribution in [0.1, 0.15) is 0 Å². The van der Waals surface area contributed by atoms with Crippen LogP contribution in [0, 0.1) is 0 Å². The van der Waals surface area contributed by atoms with Crippen molar-refractivity contribution in [2.45, 2.75) is 4.90 Å². The second-order valence-electron chi connectivity index (χ2n) is 6.40. The number of rotatable bonds is 9. The van der Waals surface area contributed by atoms with Crippen LogP contribution < -0.4 is 19.5 Å². The molecule has 31 heavy (non-hydrogen) atoms. The number of hydrogen-bond acceptors (Lipinski definition) is 8. The first-order valence-corrected chi connectivity index (χ1v) is 10.6. The van der Waals surface area contributed by atoms with Gasteiger partial charge in [0.05, 0.1) is 38.0 Å². The van der Waals surface area contributed by atoms with Crippen molar-refractivity contribution in [3.8, 4) is 11.5 Å². The summed E-state index contributed by atoms with van der Waals surface area (Å²) >= 11 is 0. The molecule has 2 aromatic rings. The lowest BCUT2D eigenvalue weighted by molar-refractivity contribution is -0.137. The van der Waals surface area contributed by atoms with E-state index in [0.29, 0.717) is 17.2 Å². The van der Waals surface area contributed by atoms with Crippen LogP contribution in [-0.2, 0) is 19.6 Å². The molecule has 3 N–H and O–H groups in total. The molecule has 164 valence electrons. The summed E-state index contributed by atoms with van der Waals surface area (Å²) in [4.78, 5) is 24.9. The van der Waals surface area contributed by atoms with Gasteiger partial charge in [-0.15, -0.1) is 0 Å². The lowest BCUT2D eigenvalue weighted by atomic mass is 10.3. The standard InChI is InChI=1S/C20H21N3O7S/c1-29-14-5-8-16(18(11-14)30-2)22-31(27,28)15-6-3-13(4-7-15)21-17-12-19(25)23(9-10-24)20(17)26/h3-8,11-12,21-22,24H,9-10H2,1-2H3. The van der Waals surface area contributed by atoms with Crippen molar-refractivity contribution in [1.29, 1.82) is 0 Å². The van der Waals surface area contributed by atoms with E-state index >= 15 is 0 Å². The molecular weight excluding hydrogens is 426 g/mol. The Morgan fingerprint density at radius 1 is 1.03 bits per heavy atom. The van der Waals surface area contributed by atoms with Crippen LogP contribution in [-0.4, -0.2) is 57.6 Å². The van der Waals surface area contributed by atoms with Gasteiger partial charge in [-0.05, 0) is 36.4 Å². The molecule has 10 nitrogen and oxygen atoms in total. The maximum Gasteiger partial charge on any atom is 0.277 e. The Morgan fingerprint density at radius 2 is 1.74 bits per heavy atom. The van der Waals surface area contributed by atoms with E-state index in [-0.39, 0.29) is 29.4 Å². The third-order valence-corrected chi connectivity index (χ3v) is 5.81. The van der Waals surface area contributed by atoms with Crippen LogP contribution >= 0.6 is 0 Å². The molecule has 0 spiro atoms. The second-order valence-corrected chi connectivity index (χ2v) is 8.08. The number of methoxy groups -OCH3 is 2. The number of imide groups is 1. The first-order valence-electron chi connectivity index (χ1n) is 9.09. The Labute approximate surface area is 179 Å². The predicted molar refractivity (Wildman–Crippen MR) is 112 cm³/mol. The number of carbonyl (C=O) groups excluding carboxylic acids is 2. The maximum absolute atomic E-state index is 12.7. The molecule has 1 heterocycles. The molecule has 0 aromatic heterocycles. The average molecular weight is 447 g/mol. The Balaban J connectivity index is 1.75. The number of nitrogens with one attached hydrogen (secondary N) is 2. The van der Waals surface area contributed by atoms with Gasteiger partial charge in [-0.2, -0.15) is 0 Å². The molecule has 0 atom stereocenters. The summed E-state index contributed by atoms with van der Waals surface area (Å²) in [5.74, 6) is -0.283. The molecule has 2 amide bonds. The second kappa shape index (κ2) is 9.06. The summed E-state index contributed by atoms with van der Waals surface area (Å²) in [6.45, 7) is -0.436. The minimum atomic E-state index is -3.92. The fraction of sp³-hybridized carbons (Fsp3) is 0.200. The Morgan fingerprint density at radius 3 is 2.35 bits per heavy atom. The number of amides is 2. The summed E-state index contributed by atoms with van der Waals surface area (Å²) in [5.41, 5.74) is 0.698. The van der Waals surface area contributed by atoms with Gasteiger partial charge in [-0.1, -0.05) is 0 Å². The number of aliphatic hydroxyl groups excluding tert-OH is 1. The van der Waals surface area contributed by atoms with E-state index in [9.17, 15) is 18.0 Å². The highest BCUT2D eigenvalue weighted by atomic mass is 32.2. The fourth-order valence-corrected chi connectivity index (χ4v) is 3.94. The summed E-state index contributed by atoms with van der Waals surface area (Å²) in [7, 11) is -1.01. The van der Waals surface area contributed by atoms with Crippen molar-refractivity contribution in [2.24, 2.45) is 0 Å². The number of carbonyl (C=O) groups is 2. The Bertz CT molecular complexity index is 1130. The fourth-order valence-electron chi connectivity index (χ4n) is 2.87. The van der Waals surface area contributed by atoms with Crippen LogP contribution in [0.3, 0.4) is 0 Å². The lowest BCUT2D eigenvalue weighted by Gasteiger charge is -2.14. The van der Waals surface area contributed by atoms with Gasteiger partial charge < -0.3 is 19.9 Å². The molecule has 1 aliphatic rings. The third kappa shape index (κ3) is 4.78. The monoisotopic (exact) mass is 447 g/mol. The maximum atomic E-state index is 12.7. The van der Waals surface area contributed by atoms with E-state index in [1.54, 1.807) is 12.1 Å². The molecule has 0 saturated carbocycles. The minimum absolute atomic E-state index is 0.0133. The number of hydrogen-bond donors (Lipinski definition) is 3. The molecule has 0 unspecified atom stereocenters. The zero-order chi connectivity index (χ0) is 22.6. The van der Waals surface area contributed by atoms with Crippen LogP contribution in [0.25, 0.3) is 0 Å².